The number of H-pyrrole nitrogens is 1. The maximum absolute atomic E-state index is 7.53. The second-order valence-electron chi connectivity index (χ2n) is 6.78. The van der Waals surface area contributed by atoms with Crippen LogP contribution in [0.1, 0.15) is 12.5 Å². The molecule has 0 fully saturated rings. The number of rotatable bonds is 8. The molecule has 3 heterocycles. The Bertz CT molecular complexity index is 1050. The number of hydrogen-bond donors (Lipinski definition) is 3. The normalized spacial score (nSPS) is 18.7. The third-order valence-electron chi connectivity index (χ3n) is 4.93. The minimum absolute atomic E-state index is 0.379. The zero-order chi connectivity index (χ0) is 20.9. The summed E-state index contributed by atoms with van der Waals surface area (Å²) in [6, 6.07) is 6.16. The number of nitrogens with zero attached hydrogens (tertiary/aromatic N) is 4. The molecule has 156 valence electrons. The molecular formula is C21H25N7O2. The summed E-state index contributed by atoms with van der Waals surface area (Å²) < 4.78 is 10.9. The van der Waals surface area contributed by atoms with Crippen LogP contribution < -0.4 is 5.32 Å². The predicted molar refractivity (Wildman–Crippen MR) is 118 cm³/mol. The first kappa shape index (κ1) is 19.8. The average molecular weight is 407 g/mol. The van der Waals surface area contributed by atoms with Gasteiger partial charge in [0.25, 0.3) is 0 Å². The molecule has 1 unspecified atom stereocenters. The molecule has 2 aliphatic heterocycles. The maximum Gasteiger partial charge on any atom is 0.171 e. The van der Waals surface area contributed by atoms with Crippen LogP contribution in [0.2, 0.25) is 0 Å². The van der Waals surface area contributed by atoms with Gasteiger partial charge >= 0.3 is 0 Å². The highest BCUT2D eigenvalue weighted by molar-refractivity contribution is 6.43. The summed E-state index contributed by atoms with van der Waals surface area (Å²) in [4.78, 5) is 11.4. The highest BCUT2D eigenvalue weighted by atomic mass is 16.5. The average Bonchev–Trinajstić information content (AvgIpc) is 3.43. The smallest absolute Gasteiger partial charge is 0.171 e. The first-order chi connectivity index (χ1) is 14.7. The molecule has 9 nitrogen and oxygen atoms in total. The van der Waals surface area contributed by atoms with Gasteiger partial charge in [-0.3, -0.25) is 15.1 Å². The number of ether oxygens (including phenoxy) is 2. The summed E-state index contributed by atoms with van der Waals surface area (Å²) in [6.07, 6.45) is 6.44. The number of hydrogen-bond acceptors (Lipinski definition) is 7. The van der Waals surface area contributed by atoms with Crippen molar-refractivity contribution in [3.05, 3.63) is 48.0 Å². The second kappa shape index (κ2) is 8.91. The van der Waals surface area contributed by atoms with Gasteiger partial charge in [0.2, 0.25) is 0 Å². The number of fused-ring (bicyclic) bond motifs is 2. The van der Waals surface area contributed by atoms with Crippen molar-refractivity contribution in [3.63, 3.8) is 0 Å². The summed E-state index contributed by atoms with van der Waals surface area (Å²) in [6.45, 7) is 4.33. The first-order valence-electron chi connectivity index (χ1n) is 9.88. The lowest BCUT2D eigenvalue weighted by atomic mass is 10.1. The molecule has 0 saturated heterocycles. The molecule has 2 aromatic rings. The first-order valence-corrected chi connectivity index (χ1v) is 9.88. The largest absolute Gasteiger partial charge is 0.498 e. The van der Waals surface area contributed by atoms with Crippen LogP contribution in [0.3, 0.4) is 0 Å². The molecule has 0 aliphatic carbocycles. The number of aromatic nitrogens is 2. The molecule has 3 N–H and O–H groups in total. The summed E-state index contributed by atoms with van der Waals surface area (Å²) in [5.74, 6) is 2.12. The van der Waals surface area contributed by atoms with Gasteiger partial charge in [0.05, 0.1) is 37.6 Å². The Labute approximate surface area is 174 Å². The Morgan fingerprint density at radius 3 is 3.13 bits per heavy atom. The van der Waals surface area contributed by atoms with Crippen LogP contribution in [-0.4, -0.2) is 72.4 Å². The van der Waals surface area contributed by atoms with Gasteiger partial charge < -0.3 is 25.1 Å². The van der Waals surface area contributed by atoms with E-state index in [1.807, 2.05) is 25.3 Å². The molecule has 0 saturated carbocycles. The fourth-order valence-electron chi connectivity index (χ4n) is 3.47. The van der Waals surface area contributed by atoms with Crippen LogP contribution in [0.15, 0.2) is 52.4 Å². The van der Waals surface area contributed by atoms with Gasteiger partial charge in [0.1, 0.15) is 11.9 Å². The molecule has 0 radical (unpaired) electrons. The highest BCUT2D eigenvalue weighted by Crippen LogP contribution is 2.22. The van der Waals surface area contributed by atoms with Crippen LogP contribution in [0.5, 0.6) is 0 Å². The molecule has 30 heavy (non-hydrogen) atoms. The van der Waals surface area contributed by atoms with E-state index in [-0.39, 0.29) is 0 Å². The zero-order valence-corrected chi connectivity index (χ0v) is 17.1. The zero-order valence-electron chi connectivity index (χ0n) is 17.1. The second-order valence-corrected chi connectivity index (χ2v) is 6.78. The van der Waals surface area contributed by atoms with E-state index in [0.717, 1.165) is 41.1 Å². The van der Waals surface area contributed by atoms with E-state index in [9.17, 15) is 0 Å². The number of nitrogens with one attached hydrogen (secondary N) is 3. The number of aromatic amines is 1. The minimum Gasteiger partial charge on any atom is -0.498 e. The Morgan fingerprint density at radius 2 is 2.33 bits per heavy atom. The summed E-state index contributed by atoms with van der Waals surface area (Å²) in [7, 11) is 1.57. The molecule has 0 amide bonds. The van der Waals surface area contributed by atoms with E-state index >= 15 is 0 Å². The predicted octanol–water partition coefficient (Wildman–Crippen LogP) is 2.16. The lowest BCUT2D eigenvalue weighted by molar-refractivity contribution is 0.0903. The molecule has 4 rings (SSSR count). The van der Waals surface area contributed by atoms with Crippen molar-refractivity contribution in [1.82, 2.24) is 20.4 Å². The maximum atomic E-state index is 7.53. The standard InChI is InChI=1S/C21H25N7O2/c1-3-30-19(11-22)18(29-2)6-7-23-20-21-24-8-9-28(21)13-17(26-20)14-4-5-16-15(10-14)12-25-27-16/h4-6,10-13,19,22H,3,7-9H2,1-2H3,(H,23,26)(H,25,27)/b18-6+,22-11?. The molecule has 0 bridgehead atoms. The van der Waals surface area contributed by atoms with Crippen LogP contribution in [-0.2, 0) is 9.47 Å². The van der Waals surface area contributed by atoms with Crippen molar-refractivity contribution in [2.75, 3.05) is 33.4 Å². The number of aliphatic imine (C=N–C) groups is 2. The Hall–Kier alpha value is -3.46. The van der Waals surface area contributed by atoms with Crippen LogP contribution >= 0.6 is 0 Å². The van der Waals surface area contributed by atoms with E-state index in [0.29, 0.717) is 24.7 Å². The lowest BCUT2D eigenvalue weighted by Crippen LogP contribution is -2.43. The number of methoxy groups -OCH3 is 1. The van der Waals surface area contributed by atoms with Crippen molar-refractivity contribution in [1.29, 1.82) is 5.41 Å². The number of amidine groups is 2. The molecule has 1 aromatic carbocycles. The summed E-state index contributed by atoms with van der Waals surface area (Å²) >= 11 is 0. The minimum atomic E-state index is -0.503. The quantitative estimate of drug-likeness (QED) is 0.459. The van der Waals surface area contributed by atoms with Gasteiger partial charge in [-0.1, -0.05) is 6.07 Å². The van der Waals surface area contributed by atoms with E-state index in [2.05, 4.69) is 43.7 Å². The summed E-state index contributed by atoms with van der Waals surface area (Å²) in [5, 5.41) is 19.1. The summed E-state index contributed by atoms with van der Waals surface area (Å²) in [5.41, 5.74) is 3.01. The van der Waals surface area contributed by atoms with Gasteiger partial charge in [-0.2, -0.15) is 5.10 Å². The molecule has 1 atom stereocenters. The van der Waals surface area contributed by atoms with Crippen molar-refractivity contribution >= 4 is 34.5 Å². The van der Waals surface area contributed by atoms with E-state index in [4.69, 9.17) is 19.9 Å². The van der Waals surface area contributed by atoms with Crippen molar-refractivity contribution in [2.24, 2.45) is 9.98 Å². The van der Waals surface area contributed by atoms with Crippen molar-refractivity contribution < 1.29 is 9.47 Å². The van der Waals surface area contributed by atoms with Crippen LogP contribution in [0, 0.1) is 5.41 Å². The SMILES string of the molecule is CCOC(C=N)/C(=C\CN=C1NC(c2ccc3[nH]ncc3c2)=CN2CCN=C12)OC. The van der Waals surface area contributed by atoms with Crippen LogP contribution in [0.25, 0.3) is 16.6 Å². The fourth-order valence-corrected chi connectivity index (χ4v) is 3.47. The molecule has 9 heteroatoms. The van der Waals surface area contributed by atoms with E-state index in [1.165, 1.54) is 6.21 Å². The molecule has 2 aliphatic rings. The van der Waals surface area contributed by atoms with Gasteiger partial charge in [0, 0.05) is 36.5 Å². The Morgan fingerprint density at radius 1 is 1.43 bits per heavy atom. The van der Waals surface area contributed by atoms with Gasteiger partial charge in [-0.25, -0.2) is 0 Å². The van der Waals surface area contributed by atoms with Crippen LogP contribution in [0.4, 0.5) is 0 Å². The van der Waals surface area contributed by atoms with Gasteiger partial charge in [-0.15, -0.1) is 0 Å². The van der Waals surface area contributed by atoms with Gasteiger partial charge in [0.15, 0.2) is 11.7 Å². The Kier molecular flexibility index (Phi) is 5.89. The number of benzene rings is 1. The molecule has 1 aromatic heterocycles. The third kappa shape index (κ3) is 3.97. The van der Waals surface area contributed by atoms with Crippen molar-refractivity contribution in [2.45, 2.75) is 13.0 Å². The monoisotopic (exact) mass is 407 g/mol. The molecular weight excluding hydrogens is 382 g/mol. The third-order valence-corrected chi connectivity index (χ3v) is 4.93. The topological polar surface area (TPSA) is 111 Å². The fraction of sp³-hybridized carbons (Fsp3) is 0.333. The van der Waals surface area contributed by atoms with Gasteiger partial charge in [-0.05, 0) is 25.1 Å². The molecule has 0 spiro atoms. The van der Waals surface area contributed by atoms with E-state index in [1.54, 1.807) is 7.11 Å². The van der Waals surface area contributed by atoms with E-state index < -0.39 is 6.10 Å². The Balaban J connectivity index is 1.57. The van der Waals surface area contributed by atoms with Crippen molar-refractivity contribution in [3.8, 4) is 0 Å². The highest BCUT2D eigenvalue weighted by Gasteiger charge is 2.26. The lowest BCUT2D eigenvalue weighted by Gasteiger charge is -2.26.